The van der Waals surface area contributed by atoms with Crippen LogP contribution in [0.25, 0.3) is 0 Å². The molecule has 18 heavy (non-hydrogen) atoms. The molecule has 0 saturated heterocycles. The Bertz CT molecular complexity index is 357. The fourth-order valence-corrected chi connectivity index (χ4v) is 3.64. The number of phenolic OH excluding ortho intramolecular Hbond substituents is 1. The summed E-state index contributed by atoms with van der Waals surface area (Å²) in [6, 6.07) is 7.47. The van der Waals surface area contributed by atoms with Gasteiger partial charge in [-0.15, -0.1) is 0 Å². The molecule has 2 nitrogen and oxygen atoms in total. The second-order valence-corrected chi connectivity index (χ2v) is 6.49. The van der Waals surface area contributed by atoms with Crippen molar-refractivity contribution in [3.05, 3.63) is 29.8 Å². The van der Waals surface area contributed by atoms with Gasteiger partial charge in [0.15, 0.2) is 0 Å². The highest BCUT2D eigenvalue weighted by molar-refractivity contribution is 8.00. The predicted molar refractivity (Wildman–Crippen MR) is 79.1 cm³/mol. The summed E-state index contributed by atoms with van der Waals surface area (Å²) < 4.78 is 0.454. The lowest BCUT2D eigenvalue weighted by Gasteiger charge is -2.36. The molecular weight excluding hydrogens is 242 g/mol. The average molecular weight is 265 g/mol. The molecule has 100 valence electrons. The molecule has 1 saturated carbocycles. The van der Waals surface area contributed by atoms with Crippen LogP contribution in [0.15, 0.2) is 24.3 Å². The Labute approximate surface area is 114 Å². The van der Waals surface area contributed by atoms with Crippen molar-refractivity contribution in [2.75, 3.05) is 12.8 Å². The first-order valence-electron chi connectivity index (χ1n) is 6.78. The summed E-state index contributed by atoms with van der Waals surface area (Å²) in [7, 11) is 0. The molecule has 0 unspecified atom stereocenters. The Balaban J connectivity index is 1.81. The van der Waals surface area contributed by atoms with Crippen LogP contribution >= 0.6 is 11.8 Å². The van der Waals surface area contributed by atoms with Gasteiger partial charge in [0.1, 0.15) is 5.75 Å². The minimum atomic E-state index is 0.339. The maximum absolute atomic E-state index is 9.24. The van der Waals surface area contributed by atoms with Gasteiger partial charge >= 0.3 is 0 Å². The summed E-state index contributed by atoms with van der Waals surface area (Å²) in [4.78, 5) is 0. The second kappa shape index (κ2) is 6.48. The second-order valence-electron chi connectivity index (χ2n) is 5.22. The number of rotatable bonds is 5. The highest BCUT2D eigenvalue weighted by Gasteiger charge is 2.30. The van der Waals surface area contributed by atoms with Gasteiger partial charge in [-0.1, -0.05) is 31.4 Å². The number of hydrogen-bond acceptors (Lipinski definition) is 3. The lowest BCUT2D eigenvalue weighted by Crippen LogP contribution is -2.39. The highest BCUT2D eigenvalue weighted by atomic mass is 32.2. The monoisotopic (exact) mass is 265 g/mol. The Morgan fingerprint density at radius 2 is 1.83 bits per heavy atom. The summed E-state index contributed by atoms with van der Waals surface area (Å²) in [6.07, 6.45) is 9.09. The van der Waals surface area contributed by atoms with Gasteiger partial charge in [-0.05, 0) is 36.8 Å². The van der Waals surface area contributed by atoms with Crippen LogP contribution in [0.4, 0.5) is 0 Å². The summed E-state index contributed by atoms with van der Waals surface area (Å²) in [5.74, 6) is 0.339. The van der Waals surface area contributed by atoms with Crippen LogP contribution in [-0.2, 0) is 6.54 Å². The molecule has 0 spiro atoms. The summed E-state index contributed by atoms with van der Waals surface area (Å²) in [5, 5.41) is 12.8. The Kier molecular flexibility index (Phi) is 4.95. The van der Waals surface area contributed by atoms with Crippen molar-refractivity contribution in [1.29, 1.82) is 0 Å². The van der Waals surface area contributed by atoms with Crippen molar-refractivity contribution >= 4 is 11.8 Å². The molecule has 0 aromatic heterocycles. The number of thioether (sulfide) groups is 1. The van der Waals surface area contributed by atoms with E-state index >= 15 is 0 Å². The summed E-state index contributed by atoms with van der Waals surface area (Å²) >= 11 is 2.03. The maximum atomic E-state index is 9.24. The first-order chi connectivity index (χ1) is 8.74. The minimum absolute atomic E-state index is 0.339. The van der Waals surface area contributed by atoms with Gasteiger partial charge in [-0.3, -0.25) is 0 Å². The van der Waals surface area contributed by atoms with E-state index in [9.17, 15) is 5.11 Å². The lowest BCUT2D eigenvalue weighted by atomic mass is 9.88. The molecular formula is C15H23NOS. The minimum Gasteiger partial charge on any atom is -0.508 e. The molecule has 0 aliphatic heterocycles. The van der Waals surface area contributed by atoms with Crippen molar-refractivity contribution in [1.82, 2.24) is 5.32 Å². The van der Waals surface area contributed by atoms with Crippen LogP contribution in [0.5, 0.6) is 5.75 Å². The van der Waals surface area contributed by atoms with Crippen LogP contribution in [0.1, 0.15) is 37.7 Å². The molecule has 1 aliphatic rings. The quantitative estimate of drug-likeness (QED) is 0.854. The lowest BCUT2D eigenvalue weighted by molar-refractivity contribution is 0.379. The van der Waals surface area contributed by atoms with Crippen molar-refractivity contribution in [3.63, 3.8) is 0 Å². The molecule has 1 fully saturated rings. The van der Waals surface area contributed by atoms with Crippen LogP contribution in [0.2, 0.25) is 0 Å². The van der Waals surface area contributed by atoms with E-state index in [-0.39, 0.29) is 0 Å². The van der Waals surface area contributed by atoms with E-state index in [1.165, 1.54) is 37.7 Å². The predicted octanol–water partition coefficient (Wildman–Crippen LogP) is 3.55. The molecule has 2 rings (SSSR count). The SMILES string of the molecule is CSC1(CNCc2ccc(O)cc2)CCCCC1. The third-order valence-electron chi connectivity index (χ3n) is 3.91. The zero-order valence-corrected chi connectivity index (χ0v) is 11.9. The highest BCUT2D eigenvalue weighted by Crippen LogP contribution is 2.37. The van der Waals surface area contributed by atoms with Crippen LogP contribution in [0.3, 0.4) is 0 Å². The van der Waals surface area contributed by atoms with E-state index in [0.29, 0.717) is 10.5 Å². The third-order valence-corrected chi connectivity index (χ3v) is 5.33. The Morgan fingerprint density at radius 3 is 2.44 bits per heavy atom. The standard InChI is InChI=1S/C15H23NOS/c1-18-15(9-3-2-4-10-15)12-16-11-13-5-7-14(17)8-6-13/h5-8,16-17H,2-4,9-12H2,1H3. The molecule has 1 aliphatic carbocycles. The zero-order valence-electron chi connectivity index (χ0n) is 11.1. The van der Waals surface area contributed by atoms with E-state index in [1.54, 1.807) is 12.1 Å². The van der Waals surface area contributed by atoms with E-state index in [1.807, 2.05) is 23.9 Å². The number of hydrogen-bond donors (Lipinski definition) is 2. The fraction of sp³-hybridized carbons (Fsp3) is 0.600. The zero-order chi connectivity index (χ0) is 12.8. The van der Waals surface area contributed by atoms with E-state index in [2.05, 4.69) is 11.6 Å². The van der Waals surface area contributed by atoms with Gasteiger partial charge < -0.3 is 10.4 Å². The van der Waals surface area contributed by atoms with Crippen molar-refractivity contribution < 1.29 is 5.11 Å². The largest absolute Gasteiger partial charge is 0.508 e. The average Bonchev–Trinajstić information content (AvgIpc) is 2.42. The number of aromatic hydroxyl groups is 1. The Morgan fingerprint density at radius 1 is 1.17 bits per heavy atom. The topological polar surface area (TPSA) is 32.3 Å². The maximum Gasteiger partial charge on any atom is 0.115 e. The molecule has 0 heterocycles. The first kappa shape index (κ1) is 13.8. The van der Waals surface area contributed by atoms with Crippen molar-refractivity contribution in [3.8, 4) is 5.75 Å². The molecule has 3 heteroatoms. The smallest absolute Gasteiger partial charge is 0.115 e. The van der Waals surface area contributed by atoms with Crippen LogP contribution in [-0.4, -0.2) is 22.7 Å². The van der Waals surface area contributed by atoms with E-state index in [0.717, 1.165) is 13.1 Å². The van der Waals surface area contributed by atoms with Gasteiger partial charge in [0.2, 0.25) is 0 Å². The van der Waals surface area contributed by atoms with E-state index < -0.39 is 0 Å². The molecule has 2 N–H and O–H groups in total. The van der Waals surface area contributed by atoms with Gasteiger partial charge in [0.05, 0.1) is 0 Å². The number of nitrogens with one attached hydrogen (secondary N) is 1. The molecule has 0 amide bonds. The summed E-state index contributed by atoms with van der Waals surface area (Å²) in [6.45, 7) is 1.98. The number of phenols is 1. The first-order valence-corrected chi connectivity index (χ1v) is 8.00. The van der Waals surface area contributed by atoms with Gasteiger partial charge in [-0.2, -0.15) is 11.8 Å². The van der Waals surface area contributed by atoms with Gasteiger partial charge in [-0.25, -0.2) is 0 Å². The third kappa shape index (κ3) is 3.66. The molecule has 0 radical (unpaired) electrons. The molecule has 1 aromatic rings. The van der Waals surface area contributed by atoms with Crippen LogP contribution < -0.4 is 5.32 Å². The van der Waals surface area contributed by atoms with Crippen molar-refractivity contribution in [2.45, 2.75) is 43.4 Å². The Hall–Kier alpha value is -0.670. The van der Waals surface area contributed by atoms with Crippen LogP contribution in [0, 0.1) is 0 Å². The normalized spacial score (nSPS) is 18.7. The fourth-order valence-electron chi connectivity index (χ4n) is 2.70. The number of benzene rings is 1. The van der Waals surface area contributed by atoms with Gasteiger partial charge in [0, 0.05) is 17.8 Å². The van der Waals surface area contributed by atoms with Crippen molar-refractivity contribution in [2.24, 2.45) is 0 Å². The molecule has 0 bridgehead atoms. The molecule has 1 aromatic carbocycles. The van der Waals surface area contributed by atoms with E-state index in [4.69, 9.17) is 0 Å². The molecule has 0 atom stereocenters. The summed E-state index contributed by atoms with van der Waals surface area (Å²) in [5.41, 5.74) is 1.24. The van der Waals surface area contributed by atoms with Gasteiger partial charge in [0.25, 0.3) is 0 Å².